The number of nitrogens with one attached hydrogen (secondary N) is 1. The minimum absolute atomic E-state index is 0.561. The Kier molecular flexibility index (Phi) is 3.69. The molecule has 5 heteroatoms. The summed E-state index contributed by atoms with van der Waals surface area (Å²) in [7, 11) is 0. The van der Waals surface area contributed by atoms with E-state index in [9.17, 15) is 0 Å². The Morgan fingerprint density at radius 3 is 2.67 bits per heavy atom. The molecular formula is C16H19N3OS. The quantitative estimate of drug-likeness (QED) is 0.793. The van der Waals surface area contributed by atoms with Crippen molar-refractivity contribution in [2.24, 2.45) is 0 Å². The molecule has 4 rings (SSSR count). The van der Waals surface area contributed by atoms with E-state index in [4.69, 9.17) is 4.52 Å². The summed E-state index contributed by atoms with van der Waals surface area (Å²) in [5, 5.41) is 7.57. The Morgan fingerprint density at radius 2 is 1.95 bits per heavy atom. The van der Waals surface area contributed by atoms with Gasteiger partial charge in [-0.1, -0.05) is 17.3 Å². The molecule has 2 aromatic rings. The first-order valence-corrected chi connectivity index (χ1v) is 8.63. The molecule has 2 fully saturated rings. The third-order valence-electron chi connectivity index (χ3n) is 3.88. The van der Waals surface area contributed by atoms with Gasteiger partial charge in [-0.15, -0.1) is 11.8 Å². The van der Waals surface area contributed by atoms with Crippen molar-refractivity contribution in [1.82, 2.24) is 15.5 Å². The highest BCUT2D eigenvalue weighted by Gasteiger charge is 2.28. The van der Waals surface area contributed by atoms with E-state index in [0.717, 1.165) is 30.1 Å². The monoisotopic (exact) mass is 301 g/mol. The van der Waals surface area contributed by atoms with Gasteiger partial charge >= 0.3 is 0 Å². The van der Waals surface area contributed by atoms with Crippen molar-refractivity contribution >= 4 is 11.8 Å². The molecule has 110 valence electrons. The van der Waals surface area contributed by atoms with Crippen LogP contribution in [0.1, 0.15) is 48.9 Å². The van der Waals surface area contributed by atoms with Crippen molar-refractivity contribution < 1.29 is 4.52 Å². The number of hydrogen-bond donors (Lipinski definition) is 1. The van der Waals surface area contributed by atoms with Gasteiger partial charge in [-0.3, -0.25) is 0 Å². The summed E-state index contributed by atoms with van der Waals surface area (Å²) >= 11 is 1.75. The van der Waals surface area contributed by atoms with Gasteiger partial charge in [0.15, 0.2) is 5.82 Å². The predicted octanol–water partition coefficient (Wildman–Crippen LogP) is 3.49. The van der Waals surface area contributed by atoms with E-state index in [2.05, 4.69) is 39.7 Å². The molecule has 1 N–H and O–H groups in total. The van der Waals surface area contributed by atoms with Crippen LogP contribution in [0, 0.1) is 0 Å². The second kappa shape index (κ2) is 5.81. The Balaban J connectivity index is 1.28. The molecule has 0 aliphatic heterocycles. The van der Waals surface area contributed by atoms with Crippen molar-refractivity contribution in [2.75, 3.05) is 0 Å². The lowest BCUT2D eigenvalue weighted by atomic mass is 10.2. The molecule has 0 unspecified atom stereocenters. The van der Waals surface area contributed by atoms with Crippen LogP contribution in [0.25, 0.3) is 0 Å². The largest absolute Gasteiger partial charge is 0.338 e. The lowest BCUT2D eigenvalue weighted by Crippen LogP contribution is -2.14. The van der Waals surface area contributed by atoms with Crippen LogP contribution in [0.3, 0.4) is 0 Å². The molecule has 2 aliphatic rings. The number of rotatable bonds is 7. The molecule has 0 saturated heterocycles. The van der Waals surface area contributed by atoms with Gasteiger partial charge < -0.3 is 9.84 Å². The lowest BCUT2D eigenvalue weighted by molar-refractivity contribution is 0.385. The van der Waals surface area contributed by atoms with Gasteiger partial charge in [0.1, 0.15) is 0 Å². The van der Waals surface area contributed by atoms with Gasteiger partial charge in [0.2, 0.25) is 5.89 Å². The van der Waals surface area contributed by atoms with Gasteiger partial charge in [0, 0.05) is 23.4 Å². The molecule has 21 heavy (non-hydrogen) atoms. The van der Waals surface area contributed by atoms with Crippen molar-refractivity contribution in [3.05, 3.63) is 41.5 Å². The molecule has 0 bridgehead atoms. The zero-order chi connectivity index (χ0) is 14.1. The normalized spacial score (nSPS) is 18.1. The standard InChI is InChI=1S/C16H19N3OS/c1-7-14(8-2-11(1)9-17-13-5-6-13)21-10-15-18-16(19-20-15)12-3-4-12/h1-2,7-8,12-13,17H,3-6,9-10H2. The Labute approximate surface area is 128 Å². The zero-order valence-electron chi connectivity index (χ0n) is 11.9. The summed E-state index contributed by atoms with van der Waals surface area (Å²) in [4.78, 5) is 5.70. The number of aromatic nitrogens is 2. The highest BCUT2D eigenvalue weighted by Crippen LogP contribution is 2.38. The molecule has 1 aromatic carbocycles. The van der Waals surface area contributed by atoms with Gasteiger partial charge in [-0.2, -0.15) is 4.98 Å². The minimum atomic E-state index is 0.561. The van der Waals surface area contributed by atoms with Crippen LogP contribution in [0.15, 0.2) is 33.7 Å². The molecule has 0 spiro atoms. The Morgan fingerprint density at radius 1 is 1.14 bits per heavy atom. The smallest absolute Gasteiger partial charge is 0.237 e. The fourth-order valence-electron chi connectivity index (χ4n) is 2.23. The number of nitrogens with zero attached hydrogens (tertiary/aromatic N) is 2. The summed E-state index contributed by atoms with van der Waals surface area (Å²) in [6.45, 7) is 0.976. The van der Waals surface area contributed by atoms with E-state index in [1.54, 1.807) is 11.8 Å². The fourth-order valence-corrected chi connectivity index (χ4v) is 2.97. The molecule has 0 amide bonds. The predicted molar refractivity (Wildman–Crippen MR) is 82.1 cm³/mol. The first-order chi connectivity index (χ1) is 10.4. The van der Waals surface area contributed by atoms with Crippen molar-refractivity contribution in [2.45, 2.75) is 54.8 Å². The van der Waals surface area contributed by atoms with Crippen LogP contribution in [0.5, 0.6) is 0 Å². The number of thioether (sulfide) groups is 1. The van der Waals surface area contributed by atoms with E-state index in [1.165, 1.54) is 36.1 Å². The maximum absolute atomic E-state index is 5.29. The van der Waals surface area contributed by atoms with Crippen LogP contribution in [-0.4, -0.2) is 16.2 Å². The second-order valence-corrected chi connectivity index (χ2v) is 6.96. The molecule has 1 heterocycles. The van der Waals surface area contributed by atoms with Crippen molar-refractivity contribution in [3.8, 4) is 0 Å². The first-order valence-electron chi connectivity index (χ1n) is 7.64. The van der Waals surface area contributed by atoms with Crippen LogP contribution < -0.4 is 5.32 Å². The summed E-state index contributed by atoms with van der Waals surface area (Å²) in [6, 6.07) is 9.50. The third-order valence-corrected chi connectivity index (χ3v) is 4.88. The molecule has 4 nitrogen and oxygen atoms in total. The minimum Gasteiger partial charge on any atom is -0.338 e. The molecule has 2 aliphatic carbocycles. The van der Waals surface area contributed by atoms with Gasteiger partial charge in [-0.25, -0.2) is 0 Å². The molecular weight excluding hydrogens is 282 g/mol. The summed E-state index contributed by atoms with van der Waals surface area (Å²) in [6.07, 6.45) is 5.09. The van der Waals surface area contributed by atoms with Crippen LogP contribution in [-0.2, 0) is 12.3 Å². The highest BCUT2D eigenvalue weighted by molar-refractivity contribution is 7.98. The summed E-state index contributed by atoms with van der Waals surface area (Å²) < 4.78 is 5.29. The van der Waals surface area contributed by atoms with Crippen LogP contribution >= 0.6 is 11.8 Å². The third kappa shape index (κ3) is 3.66. The maximum Gasteiger partial charge on any atom is 0.237 e. The van der Waals surface area contributed by atoms with E-state index < -0.39 is 0 Å². The second-order valence-electron chi connectivity index (χ2n) is 5.91. The van der Waals surface area contributed by atoms with Crippen molar-refractivity contribution in [3.63, 3.8) is 0 Å². The summed E-state index contributed by atoms with van der Waals surface area (Å²) in [5.74, 6) is 2.94. The Hall–Kier alpha value is -1.33. The van der Waals surface area contributed by atoms with E-state index >= 15 is 0 Å². The average molecular weight is 301 g/mol. The topological polar surface area (TPSA) is 51.0 Å². The van der Waals surface area contributed by atoms with Crippen LogP contribution in [0.2, 0.25) is 0 Å². The molecule has 0 radical (unpaired) electrons. The average Bonchev–Trinajstić information content (AvgIpc) is 3.44. The van der Waals surface area contributed by atoms with E-state index in [-0.39, 0.29) is 0 Å². The number of hydrogen-bond acceptors (Lipinski definition) is 5. The summed E-state index contributed by atoms with van der Waals surface area (Å²) in [5.41, 5.74) is 1.35. The van der Waals surface area contributed by atoms with Gasteiger partial charge in [0.25, 0.3) is 0 Å². The first kappa shape index (κ1) is 13.3. The fraction of sp³-hybridized carbons (Fsp3) is 0.500. The Bertz CT molecular complexity index is 602. The number of benzene rings is 1. The van der Waals surface area contributed by atoms with E-state index in [0.29, 0.717) is 5.92 Å². The molecule has 1 aromatic heterocycles. The van der Waals surface area contributed by atoms with E-state index in [1.807, 2.05) is 0 Å². The zero-order valence-corrected chi connectivity index (χ0v) is 12.7. The molecule has 2 saturated carbocycles. The SMILES string of the molecule is c1cc(SCc2nc(C3CC3)no2)ccc1CNC1CC1. The van der Waals surface area contributed by atoms with Crippen LogP contribution in [0.4, 0.5) is 0 Å². The lowest BCUT2D eigenvalue weighted by Gasteiger charge is -2.04. The highest BCUT2D eigenvalue weighted by atomic mass is 32.2. The van der Waals surface area contributed by atoms with Gasteiger partial charge in [0.05, 0.1) is 5.75 Å². The van der Waals surface area contributed by atoms with Gasteiger partial charge in [-0.05, 0) is 43.4 Å². The molecule has 0 atom stereocenters. The van der Waals surface area contributed by atoms with Crippen molar-refractivity contribution in [1.29, 1.82) is 0 Å². The maximum atomic E-state index is 5.29.